The number of benzene rings is 2. The molecule has 0 aliphatic rings. The normalized spacial score (nSPS) is 10.9. The number of carbonyl (C=O) groups excluding carboxylic acids is 4. The lowest BCUT2D eigenvalue weighted by Gasteiger charge is -2.15. The molecular formula is C32H32O8. The monoisotopic (exact) mass is 544 g/mol. The number of carbonyl (C=O) groups is 4. The molecule has 0 aliphatic carbocycles. The highest BCUT2D eigenvalue weighted by Gasteiger charge is 2.18. The quantitative estimate of drug-likeness (QED) is 0.143. The smallest absolute Gasteiger partial charge is 0.338 e. The van der Waals surface area contributed by atoms with Gasteiger partial charge in [0.15, 0.2) is 11.5 Å². The van der Waals surface area contributed by atoms with Gasteiger partial charge < -0.3 is 18.9 Å². The molecule has 0 atom stereocenters. The second-order valence-electron chi connectivity index (χ2n) is 9.28. The summed E-state index contributed by atoms with van der Waals surface area (Å²) in [5.41, 5.74) is 3.36. The molecule has 0 N–H and O–H groups in total. The van der Waals surface area contributed by atoms with Gasteiger partial charge in [0.25, 0.3) is 0 Å². The van der Waals surface area contributed by atoms with Gasteiger partial charge in [0, 0.05) is 28.4 Å². The highest BCUT2D eigenvalue weighted by Crippen LogP contribution is 2.36. The van der Waals surface area contributed by atoms with E-state index in [2.05, 4.69) is 26.3 Å². The molecule has 0 radical (unpaired) electrons. The summed E-state index contributed by atoms with van der Waals surface area (Å²) in [6.07, 6.45) is 0. The summed E-state index contributed by atoms with van der Waals surface area (Å²) in [5, 5.41) is 0. The Morgan fingerprint density at radius 1 is 0.475 bits per heavy atom. The molecule has 0 spiro atoms. The Hall–Kier alpha value is -4.98. The first-order valence-corrected chi connectivity index (χ1v) is 12.1. The van der Waals surface area contributed by atoms with E-state index in [-0.39, 0.29) is 45.3 Å². The molecule has 2 aromatic rings. The summed E-state index contributed by atoms with van der Waals surface area (Å²) in [4.78, 5) is 48.7. The largest absolute Gasteiger partial charge is 0.423 e. The second kappa shape index (κ2) is 13.2. The summed E-state index contributed by atoms with van der Waals surface area (Å²) in [6.45, 7) is 24.0. The van der Waals surface area contributed by atoms with Crippen LogP contribution in [0.15, 0.2) is 85.0 Å². The topological polar surface area (TPSA) is 105 Å². The summed E-state index contributed by atoms with van der Waals surface area (Å²) in [7, 11) is 0. The van der Waals surface area contributed by atoms with Crippen LogP contribution in [0.5, 0.6) is 23.0 Å². The molecule has 0 bridgehead atoms. The van der Waals surface area contributed by atoms with Gasteiger partial charge in [0.2, 0.25) is 0 Å². The Labute approximate surface area is 233 Å². The van der Waals surface area contributed by atoms with Gasteiger partial charge in [-0.15, -0.1) is 0 Å². The van der Waals surface area contributed by atoms with Crippen LogP contribution in [0.3, 0.4) is 0 Å². The molecule has 0 fully saturated rings. The third-order valence-electron chi connectivity index (χ3n) is 5.47. The molecule has 0 unspecified atom stereocenters. The second-order valence-corrected chi connectivity index (χ2v) is 9.28. The minimum atomic E-state index is -0.695. The molecule has 0 amide bonds. The predicted octanol–water partition coefficient (Wildman–Crippen LogP) is 6.56. The van der Waals surface area contributed by atoms with E-state index in [1.807, 2.05) is 13.8 Å². The zero-order valence-electron chi connectivity index (χ0n) is 23.6. The van der Waals surface area contributed by atoms with E-state index in [0.29, 0.717) is 16.7 Å². The fourth-order valence-electron chi connectivity index (χ4n) is 3.01. The Balaban J connectivity index is 2.64. The van der Waals surface area contributed by atoms with E-state index < -0.39 is 23.9 Å². The molecule has 0 aromatic heterocycles. The van der Waals surface area contributed by atoms with E-state index in [0.717, 1.165) is 5.57 Å². The van der Waals surface area contributed by atoms with Crippen LogP contribution in [0.2, 0.25) is 0 Å². The van der Waals surface area contributed by atoms with Gasteiger partial charge >= 0.3 is 23.9 Å². The summed E-state index contributed by atoms with van der Waals surface area (Å²) < 4.78 is 21.6. The first-order valence-electron chi connectivity index (χ1n) is 12.1. The number of rotatable bonds is 10. The lowest BCUT2D eigenvalue weighted by molar-refractivity contribution is -0.132. The van der Waals surface area contributed by atoms with Crippen molar-refractivity contribution in [2.75, 3.05) is 0 Å². The van der Waals surface area contributed by atoms with Crippen molar-refractivity contribution in [3.05, 3.63) is 96.1 Å². The van der Waals surface area contributed by atoms with Crippen LogP contribution in [0.4, 0.5) is 0 Å². The minimum absolute atomic E-state index is 0.00691. The van der Waals surface area contributed by atoms with Gasteiger partial charge in [-0.05, 0) is 88.1 Å². The highest BCUT2D eigenvalue weighted by atomic mass is 16.6. The minimum Gasteiger partial charge on any atom is -0.423 e. The first-order chi connectivity index (χ1) is 18.6. The molecule has 40 heavy (non-hydrogen) atoms. The van der Waals surface area contributed by atoms with Crippen molar-refractivity contribution in [3.63, 3.8) is 0 Å². The molecule has 8 nitrogen and oxygen atoms in total. The van der Waals surface area contributed by atoms with Crippen molar-refractivity contribution in [3.8, 4) is 23.0 Å². The number of hydrogen-bond donors (Lipinski definition) is 0. The highest BCUT2D eigenvalue weighted by molar-refractivity contribution is 5.94. The average Bonchev–Trinajstić information content (AvgIpc) is 2.88. The molecule has 0 heterocycles. The Kier molecular flexibility index (Phi) is 10.3. The Bertz CT molecular complexity index is 1440. The Morgan fingerprint density at radius 2 is 0.850 bits per heavy atom. The van der Waals surface area contributed by atoms with Crippen LogP contribution in [0, 0.1) is 0 Å². The van der Waals surface area contributed by atoms with Gasteiger partial charge in [-0.3, -0.25) is 0 Å². The molecule has 2 aromatic carbocycles. The number of ether oxygens (including phenoxy) is 4. The van der Waals surface area contributed by atoms with E-state index in [1.54, 1.807) is 24.3 Å². The zero-order valence-corrected chi connectivity index (χ0v) is 23.6. The molecule has 208 valence electrons. The van der Waals surface area contributed by atoms with Crippen LogP contribution >= 0.6 is 0 Å². The van der Waals surface area contributed by atoms with E-state index >= 15 is 0 Å². The van der Waals surface area contributed by atoms with Crippen molar-refractivity contribution in [2.45, 2.75) is 41.5 Å². The third kappa shape index (κ3) is 8.26. The van der Waals surface area contributed by atoms with Crippen LogP contribution < -0.4 is 18.9 Å². The SMILES string of the molecule is C=C(C)C(=O)Oc1cc(OC(=O)C(=C)C)cc(/C(C)=C(\C)c2ccc(OC(=O)C(=C)C)c(OC(=O)C(=C)C)c2)c1. The maximum absolute atomic E-state index is 12.3. The molecule has 0 aliphatic heterocycles. The van der Waals surface area contributed by atoms with Gasteiger partial charge in [-0.25, -0.2) is 19.2 Å². The summed E-state index contributed by atoms with van der Waals surface area (Å²) >= 11 is 0. The van der Waals surface area contributed by atoms with E-state index in [9.17, 15) is 19.2 Å². The van der Waals surface area contributed by atoms with Gasteiger partial charge in [-0.2, -0.15) is 0 Å². The van der Waals surface area contributed by atoms with E-state index in [4.69, 9.17) is 18.9 Å². The predicted molar refractivity (Wildman–Crippen MR) is 153 cm³/mol. The molecule has 0 saturated heterocycles. The number of hydrogen-bond acceptors (Lipinski definition) is 8. The molecule has 0 saturated carbocycles. The number of esters is 4. The van der Waals surface area contributed by atoms with Gasteiger partial charge in [0.1, 0.15) is 11.5 Å². The lowest BCUT2D eigenvalue weighted by Crippen LogP contribution is -2.13. The summed E-state index contributed by atoms with van der Waals surface area (Å²) in [5.74, 6) is -2.35. The maximum Gasteiger partial charge on any atom is 0.338 e. The van der Waals surface area contributed by atoms with Crippen LogP contribution in [0.1, 0.15) is 52.7 Å². The molecule has 8 heteroatoms. The zero-order chi connectivity index (χ0) is 30.3. The fourth-order valence-corrected chi connectivity index (χ4v) is 3.01. The molecular weight excluding hydrogens is 512 g/mol. The van der Waals surface area contributed by atoms with Crippen molar-refractivity contribution in [1.82, 2.24) is 0 Å². The van der Waals surface area contributed by atoms with Crippen molar-refractivity contribution >= 4 is 35.0 Å². The van der Waals surface area contributed by atoms with Gasteiger partial charge in [-0.1, -0.05) is 32.4 Å². The summed E-state index contributed by atoms with van der Waals surface area (Å²) in [6, 6.07) is 9.37. The van der Waals surface area contributed by atoms with Crippen LogP contribution in [-0.4, -0.2) is 23.9 Å². The van der Waals surface area contributed by atoms with Crippen LogP contribution in [-0.2, 0) is 19.2 Å². The van der Waals surface area contributed by atoms with E-state index in [1.165, 1.54) is 39.8 Å². The first kappa shape index (κ1) is 31.2. The lowest BCUT2D eigenvalue weighted by atomic mass is 9.96. The van der Waals surface area contributed by atoms with Crippen molar-refractivity contribution in [1.29, 1.82) is 0 Å². The standard InChI is InChI=1S/C32H32O8/c1-17(2)29(33)37-25-13-24(14-26(16-25)38-30(34)18(3)4)22(10)21(9)23-11-12-27(39-31(35)19(5)6)28(15-23)40-32(36)20(7)8/h11-16H,1,3,5,7H2,2,4,6,8-10H3/b22-21+. The average molecular weight is 545 g/mol. The maximum atomic E-state index is 12.3. The third-order valence-corrected chi connectivity index (χ3v) is 5.47. The Morgan fingerprint density at radius 3 is 1.27 bits per heavy atom. The van der Waals surface area contributed by atoms with Gasteiger partial charge in [0.05, 0.1) is 0 Å². The van der Waals surface area contributed by atoms with Crippen LogP contribution in [0.25, 0.3) is 11.1 Å². The van der Waals surface area contributed by atoms with Crippen molar-refractivity contribution in [2.24, 2.45) is 0 Å². The van der Waals surface area contributed by atoms with Crippen molar-refractivity contribution < 1.29 is 38.1 Å². The fraction of sp³-hybridized carbons (Fsp3) is 0.188. The number of allylic oxidation sites excluding steroid dienone is 2. The molecule has 2 rings (SSSR count).